The molecule has 11 heteroatoms. The van der Waals surface area contributed by atoms with Crippen LogP contribution in [0.3, 0.4) is 0 Å². The average molecular weight is 1170 g/mol. The van der Waals surface area contributed by atoms with E-state index in [-0.39, 0.29) is 41.8 Å². The van der Waals surface area contributed by atoms with Crippen molar-refractivity contribution in [3.05, 3.63) is 308 Å². The van der Waals surface area contributed by atoms with Crippen LogP contribution in [0.5, 0.6) is 11.5 Å². The number of hydrogen-bond acceptors (Lipinski definition) is 7. The lowest BCUT2D eigenvalue weighted by molar-refractivity contribution is -0.121. The fourth-order valence-electron chi connectivity index (χ4n) is 13.8. The molecule has 442 valence electrons. The van der Waals surface area contributed by atoms with Crippen LogP contribution in [0.4, 0.5) is 22.7 Å². The van der Waals surface area contributed by atoms with Gasteiger partial charge in [-0.3, -0.25) is 19.2 Å². The van der Waals surface area contributed by atoms with Crippen molar-refractivity contribution in [2.75, 3.05) is 46.8 Å². The van der Waals surface area contributed by atoms with E-state index in [4.69, 9.17) is 16.0 Å². The first-order valence-electron chi connectivity index (χ1n) is 30.2. The number of para-hydroxylation sites is 3. The summed E-state index contributed by atoms with van der Waals surface area (Å²) in [4.78, 5) is 49.1. The highest BCUT2D eigenvalue weighted by molar-refractivity contribution is 6.15. The van der Waals surface area contributed by atoms with Gasteiger partial charge in [-0.1, -0.05) is 217 Å². The number of nitriles is 1. The molecule has 9 aromatic rings. The van der Waals surface area contributed by atoms with Crippen molar-refractivity contribution in [1.29, 1.82) is 5.26 Å². The van der Waals surface area contributed by atoms with E-state index in [9.17, 15) is 19.6 Å². The molecule has 9 aromatic carbocycles. The summed E-state index contributed by atoms with van der Waals surface area (Å²) in [6.45, 7) is 23.7. The minimum Gasteiger partial charge on any atom is -0.478 e. The molecular formula is C78H70N6O5. The van der Waals surface area contributed by atoms with E-state index in [0.717, 1.165) is 91.5 Å². The molecule has 3 amide bonds. The Kier molecular flexibility index (Phi) is 15.4. The number of nitrogens with one attached hydrogen (secondary N) is 2. The van der Waals surface area contributed by atoms with Crippen molar-refractivity contribution >= 4 is 40.5 Å². The predicted molar refractivity (Wildman–Crippen MR) is 353 cm³/mol. The van der Waals surface area contributed by atoms with Crippen molar-refractivity contribution in [2.45, 2.75) is 82.0 Å². The number of rotatable bonds is 8. The van der Waals surface area contributed by atoms with E-state index in [1.54, 1.807) is 11.2 Å². The fraction of sp³-hybridized carbons (Fsp3) is 0.218. The van der Waals surface area contributed by atoms with Crippen LogP contribution in [0.15, 0.2) is 225 Å². The van der Waals surface area contributed by atoms with E-state index >= 15 is 0 Å². The Morgan fingerprint density at radius 3 is 1.75 bits per heavy atom. The molecule has 14 rings (SSSR count). The number of aryl methyl sites for hydroxylation is 1. The van der Waals surface area contributed by atoms with Gasteiger partial charge in [0.25, 0.3) is 12.6 Å². The van der Waals surface area contributed by atoms with E-state index in [2.05, 4.69) is 125 Å². The molecule has 0 aromatic heterocycles. The van der Waals surface area contributed by atoms with E-state index in [1.165, 1.54) is 16.7 Å². The topological polar surface area (TPSA) is 128 Å². The largest absolute Gasteiger partial charge is 0.478 e. The summed E-state index contributed by atoms with van der Waals surface area (Å²) in [7, 11) is 0. The third-order valence-corrected chi connectivity index (χ3v) is 17.9. The van der Waals surface area contributed by atoms with E-state index < -0.39 is 16.2 Å². The standard InChI is InChI=1S/C28H25N3O2.C27H25NO2.C23H20N2O/c1-27(2,3)21-14-15-25(33-17-16-29)23(18-21)28(20-10-6-5-7-11-20)22-12-8-9-13-24(22)31(19-30-4)26(28)32;1-26(2,3)20-14-15-24-22(18-20)27(19-10-5-4-6-11-19)21-12-7-8-13-23(21)28(25(27)29)16-9-17-30-24;1-15-13-16-11-12-24-21(16)19(14-15)23(17-7-3-2-4-8-17)18-9-5-6-10-20(18)25-22(23)26/h5-15,18H,17,19H2,1-3H3;4-15,17-18H,16H2,1-3H3;2-10,13-14,24H,11-12H2,1H3,(H,25,26)/b;17-9-;. The third-order valence-electron chi connectivity index (χ3n) is 17.9. The number of hydrogen-bond donors (Lipinski definition) is 2. The van der Waals surface area contributed by atoms with Gasteiger partial charge in [0, 0.05) is 63.5 Å². The molecular weight excluding hydrogens is 1100 g/mol. The maximum absolute atomic E-state index is 14.3. The van der Waals surface area contributed by atoms with Crippen LogP contribution >= 0.6 is 0 Å². The normalized spacial score (nSPS) is 19.4. The lowest BCUT2D eigenvalue weighted by atomic mass is 9.68. The second kappa shape index (κ2) is 23.3. The number of amides is 3. The molecule has 0 radical (unpaired) electrons. The Hall–Kier alpha value is -10.5. The molecule has 0 aliphatic carbocycles. The van der Waals surface area contributed by atoms with Gasteiger partial charge >= 0.3 is 0 Å². The van der Waals surface area contributed by atoms with Crippen LogP contribution < -0.4 is 29.9 Å². The SMILES string of the molecule is CC(C)(C)c1ccc2c(c1)C1(c3ccccc3)C(=O)N(C/C=C\O2)c2ccccc21.Cc1cc2c(c(C3(c4ccccc4)C(=O)Nc4ccccc43)c1)NCC2.[C-]#[N+]CN1C(=O)C(c2ccccc2)(c2cc(C(C)(C)C)ccc2OCC#N)c2ccccc21. The van der Waals surface area contributed by atoms with Crippen molar-refractivity contribution in [2.24, 2.45) is 0 Å². The third kappa shape index (κ3) is 9.79. The minimum absolute atomic E-state index is 0.0198. The number of fused-ring (bicyclic) bond motifs is 10. The summed E-state index contributed by atoms with van der Waals surface area (Å²) in [5.41, 5.74) is 13.4. The summed E-state index contributed by atoms with van der Waals surface area (Å²) >= 11 is 0. The molecule has 3 atom stereocenters. The Balaban J connectivity index is 0.000000130. The minimum atomic E-state index is -1.20. The Morgan fingerprint density at radius 2 is 1.13 bits per heavy atom. The van der Waals surface area contributed by atoms with E-state index in [1.807, 2.05) is 169 Å². The zero-order valence-corrected chi connectivity index (χ0v) is 51.2. The molecule has 3 unspecified atom stereocenters. The first-order valence-corrected chi connectivity index (χ1v) is 30.2. The second-order valence-electron chi connectivity index (χ2n) is 25.2. The van der Waals surface area contributed by atoms with Crippen LogP contribution in [-0.2, 0) is 47.9 Å². The lowest BCUT2D eigenvalue weighted by Crippen LogP contribution is -2.42. The molecule has 5 heterocycles. The maximum Gasteiger partial charge on any atom is 0.295 e. The second-order valence-corrected chi connectivity index (χ2v) is 25.2. The van der Waals surface area contributed by atoms with Gasteiger partial charge in [-0.15, -0.1) is 0 Å². The molecule has 0 saturated heterocycles. The lowest BCUT2D eigenvalue weighted by Gasteiger charge is -2.32. The summed E-state index contributed by atoms with van der Waals surface area (Å²) in [6.07, 6.45) is 4.60. The van der Waals surface area contributed by atoms with Crippen molar-refractivity contribution < 1.29 is 23.9 Å². The van der Waals surface area contributed by atoms with Gasteiger partial charge in [0.05, 0.1) is 11.9 Å². The monoisotopic (exact) mass is 1170 g/mol. The molecule has 2 N–H and O–H groups in total. The number of benzene rings is 9. The van der Waals surface area contributed by atoms with Crippen molar-refractivity contribution in [1.82, 2.24) is 0 Å². The van der Waals surface area contributed by atoms with Crippen LogP contribution in [0.1, 0.15) is 114 Å². The zero-order valence-electron chi connectivity index (χ0n) is 51.2. The van der Waals surface area contributed by atoms with Crippen LogP contribution in [0.25, 0.3) is 4.85 Å². The molecule has 89 heavy (non-hydrogen) atoms. The van der Waals surface area contributed by atoms with Gasteiger partial charge < -0.3 is 25.0 Å². The first kappa shape index (κ1) is 58.9. The molecule has 11 nitrogen and oxygen atoms in total. The first-order chi connectivity index (χ1) is 43.0. The summed E-state index contributed by atoms with van der Waals surface area (Å²) in [5, 5.41) is 15.9. The smallest absolute Gasteiger partial charge is 0.295 e. The Morgan fingerprint density at radius 1 is 0.596 bits per heavy atom. The van der Waals surface area contributed by atoms with Crippen molar-refractivity contribution in [3.8, 4) is 17.6 Å². The number of nitrogens with zero attached hydrogens (tertiary/aromatic N) is 4. The van der Waals surface area contributed by atoms with Crippen molar-refractivity contribution in [3.63, 3.8) is 0 Å². The fourth-order valence-corrected chi connectivity index (χ4v) is 13.8. The van der Waals surface area contributed by atoms with Gasteiger partial charge in [-0.2, -0.15) is 5.26 Å². The predicted octanol–water partition coefficient (Wildman–Crippen LogP) is 15.3. The number of carbonyl (C=O) groups is 3. The van der Waals surface area contributed by atoms with Gasteiger partial charge in [0.15, 0.2) is 6.61 Å². The summed E-state index contributed by atoms with van der Waals surface area (Å²) < 4.78 is 12.0. The van der Waals surface area contributed by atoms with Gasteiger partial charge in [0.2, 0.25) is 11.8 Å². The van der Waals surface area contributed by atoms with Crippen LogP contribution in [0.2, 0.25) is 0 Å². The number of ether oxygens (including phenoxy) is 2. The molecule has 2 bridgehead atoms. The highest BCUT2D eigenvalue weighted by Crippen LogP contribution is 2.56. The molecule has 5 aliphatic heterocycles. The number of carbonyl (C=O) groups excluding carboxylic acids is 3. The summed E-state index contributed by atoms with van der Waals surface area (Å²) in [5.74, 6) is 1.10. The average Bonchev–Trinajstić information content (AvgIpc) is 1.61. The number of anilines is 4. The highest BCUT2D eigenvalue weighted by atomic mass is 16.5. The van der Waals surface area contributed by atoms with Gasteiger partial charge in [-0.05, 0) is 106 Å². The van der Waals surface area contributed by atoms with E-state index in [0.29, 0.717) is 17.9 Å². The maximum atomic E-state index is 14.3. The van der Waals surface area contributed by atoms with Gasteiger partial charge in [0.1, 0.15) is 33.8 Å². The highest BCUT2D eigenvalue weighted by Gasteiger charge is 2.57. The molecule has 0 saturated carbocycles. The molecule has 0 fully saturated rings. The van der Waals surface area contributed by atoms with Crippen LogP contribution in [-0.4, -0.2) is 44.1 Å². The molecule has 0 spiro atoms. The summed E-state index contributed by atoms with van der Waals surface area (Å²) in [6, 6.07) is 72.2. The zero-order chi connectivity index (χ0) is 62.3. The Labute approximate surface area is 521 Å². The quantitative estimate of drug-likeness (QED) is 0.145. The Bertz CT molecular complexity index is 4340. The van der Waals surface area contributed by atoms with Crippen LogP contribution in [0, 0.1) is 24.8 Å². The molecule has 5 aliphatic rings. The van der Waals surface area contributed by atoms with Gasteiger partial charge in [-0.25, -0.2) is 11.5 Å².